The van der Waals surface area contributed by atoms with Crippen molar-refractivity contribution in [2.75, 3.05) is 10.6 Å². The Labute approximate surface area is 182 Å². The molecule has 0 saturated heterocycles. The molecular weight excluding hydrogens is 429 g/mol. The lowest BCUT2D eigenvalue weighted by atomic mass is 10.1. The molecule has 1 aliphatic carbocycles. The van der Waals surface area contributed by atoms with E-state index in [0.29, 0.717) is 11.4 Å². The molecule has 1 unspecified atom stereocenters. The molecule has 0 bridgehead atoms. The summed E-state index contributed by atoms with van der Waals surface area (Å²) in [5.41, 5.74) is 1.33. The van der Waals surface area contributed by atoms with Gasteiger partial charge in [-0.25, -0.2) is 0 Å². The van der Waals surface area contributed by atoms with Crippen molar-refractivity contribution in [1.29, 1.82) is 0 Å². The first-order valence-electron chi connectivity index (χ1n) is 9.35. The van der Waals surface area contributed by atoms with E-state index in [4.69, 9.17) is 23.2 Å². The quantitative estimate of drug-likeness (QED) is 0.680. The molecule has 9 heteroatoms. The van der Waals surface area contributed by atoms with Crippen molar-refractivity contribution >= 4 is 58.2 Å². The Kier molecular flexibility index (Phi) is 5.26. The third kappa shape index (κ3) is 3.78. The van der Waals surface area contributed by atoms with Crippen LogP contribution in [0.3, 0.4) is 0 Å². The number of halogens is 2. The minimum atomic E-state index is -1.05. The number of carbonyl (C=O) groups is 4. The fourth-order valence-corrected chi connectivity index (χ4v) is 3.52. The van der Waals surface area contributed by atoms with Gasteiger partial charge in [0.05, 0.1) is 21.2 Å². The van der Waals surface area contributed by atoms with Gasteiger partial charge in [0.1, 0.15) is 6.04 Å². The van der Waals surface area contributed by atoms with E-state index in [0.717, 1.165) is 17.7 Å². The summed E-state index contributed by atoms with van der Waals surface area (Å²) in [6.07, 6.45) is 1.82. The highest BCUT2D eigenvalue weighted by molar-refractivity contribution is 6.43. The lowest BCUT2D eigenvalue weighted by molar-refractivity contribution is -0.119. The molecule has 2 aromatic rings. The van der Waals surface area contributed by atoms with E-state index in [-0.39, 0.29) is 33.0 Å². The Bertz CT molecular complexity index is 1040. The van der Waals surface area contributed by atoms with Gasteiger partial charge in [0.2, 0.25) is 11.8 Å². The number of anilines is 2. The zero-order chi connectivity index (χ0) is 21.6. The number of imide groups is 1. The van der Waals surface area contributed by atoms with Crippen LogP contribution in [0.5, 0.6) is 0 Å². The zero-order valence-corrected chi connectivity index (χ0v) is 17.4. The highest BCUT2D eigenvalue weighted by atomic mass is 35.5. The first-order valence-corrected chi connectivity index (χ1v) is 10.1. The van der Waals surface area contributed by atoms with E-state index in [1.54, 1.807) is 24.3 Å². The number of hydrogen-bond acceptors (Lipinski definition) is 4. The maximum Gasteiger partial charge on any atom is 0.262 e. The van der Waals surface area contributed by atoms with E-state index in [9.17, 15) is 19.2 Å². The fourth-order valence-electron chi connectivity index (χ4n) is 3.19. The van der Waals surface area contributed by atoms with E-state index >= 15 is 0 Å². The normalized spacial score (nSPS) is 16.3. The van der Waals surface area contributed by atoms with Crippen LogP contribution < -0.4 is 10.6 Å². The molecule has 0 aromatic heterocycles. The number of nitrogens with one attached hydrogen (secondary N) is 2. The second kappa shape index (κ2) is 7.74. The van der Waals surface area contributed by atoms with Crippen LogP contribution in [0, 0.1) is 5.92 Å². The van der Waals surface area contributed by atoms with Crippen LogP contribution >= 0.6 is 23.2 Å². The molecule has 1 atom stereocenters. The van der Waals surface area contributed by atoms with Crippen LogP contribution in [0.2, 0.25) is 10.0 Å². The van der Waals surface area contributed by atoms with Gasteiger partial charge in [0.25, 0.3) is 11.8 Å². The summed E-state index contributed by atoms with van der Waals surface area (Å²) < 4.78 is 0. The standard InChI is InChI=1S/C21H17Cl2N3O4/c1-10(26-20(29)14-8-16(22)17(23)9-15(14)21(26)30)18(27)24-12-4-6-13(7-5-12)25-19(28)11-2-3-11/h4-11H,2-3H2,1H3,(H,24,27)(H,25,28). The monoisotopic (exact) mass is 445 g/mol. The molecule has 2 aliphatic rings. The highest BCUT2D eigenvalue weighted by Gasteiger charge is 2.41. The summed E-state index contributed by atoms with van der Waals surface area (Å²) in [7, 11) is 0. The second-order valence-corrected chi connectivity index (χ2v) is 8.11. The highest BCUT2D eigenvalue weighted by Crippen LogP contribution is 2.33. The van der Waals surface area contributed by atoms with Crippen LogP contribution in [0.25, 0.3) is 0 Å². The van der Waals surface area contributed by atoms with Gasteiger partial charge in [-0.15, -0.1) is 0 Å². The summed E-state index contributed by atoms with van der Waals surface area (Å²) in [5.74, 6) is -1.65. The number of rotatable bonds is 5. The van der Waals surface area contributed by atoms with E-state index in [1.807, 2.05) is 0 Å². The van der Waals surface area contributed by atoms with Crippen molar-refractivity contribution in [2.45, 2.75) is 25.8 Å². The van der Waals surface area contributed by atoms with Crippen LogP contribution in [-0.4, -0.2) is 34.6 Å². The minimum Gasteiger partial charge on any atom is -0.326 e. The molecule has 4 rings (SSSR count). The first kappa shape index (κ1) is 20.4. The number of benzene rings is 2. The predicted molar refractivity (Wildman–Crippen MR) is 113 cm³/mol. The molecule has 2 N–H and O–H groups in total. The molecule has 1 saturated carbocycles. The van der Waals surface area contributed by atoms with E-state index < -0.39 is 23.8 Å². The molecule has 4 amide bonds. The van der Waals surface area contributed by atoms with Gasteiger partial charge in [0.15, 0.2) is 0 Å². The maximum absolute atomic E-state index is 12.7. The van der Waals surface area contributed by atoms with Gasteiger partial charge in [-0.3, -0.25) is 24.1 Å². The lowest BCUT2D eigenvalue weighted by Crippen LogP contribution is -2.45. The van der Waals surface area contributed by atoms with Gasteiger partial charge in [-0.2, -0.15) is 0 Å². The Balaban J connectivity index is 1.44. The topological polar surface area (TPSA) is 95.6 Å². The molecule has 1 heterocycles. The lowest BCUT2D eigenvalue weighted by Gasteiger charge is -2.21. The first-order chi connectivity index (χ1) is 14.3. The summed E-state index contributed by atoms with van der Waals surface area (Å²) in [5, 5.41) is 5.80. The van der Waals surface area contributed by atoms with E-state index in [1.165, 1.54) is 19.1 Å². The van der Waals surface area contributed by atoms with Gasteiger partial charge in [0, 0.05) is 17.3 Å². The van der Waals surface area contributed by atoms with Crippen LogP contribution in [-0.2, 0) is 9.59 Å². The van der Waals surface area contributed by atoms with Gasteiger partial charge in [-0.05, 0) is 56.2 Å². The van der Waals surface area contributed by atoms with Crippen molar-refractivity contribution in [3.05, 3.63) is 57.6 Å². The summed E-state index contributed by atoms with van der Waals surface area (Å²) in [4.78, 5) is 50.7. The molecule has 7 nitrogen and oxygen atoms in total. The largest absolute Gasteiger partial charge is 0.326 e. The average molecular weight is 446 g/mol. The number of carbonyl (C=O) groups excluding carboxylic acids is 4. The van der Waals surface area contributed by atoms with Crippen molar-refractivity contribution in [3.8, 4) is 0 Å². The van der Waals surface area contributed by atoms with Crippen molar-refractivity contribution in [3.63, 3.8) is 0 Å². The smallest absolute Gasteiger partial charge is 0.262 e. The Morgan fingerprint density at radius 3 is 1.87 bits per heavy atom. The van der Waals surface area contributed by atoms with Crippen LogP contribution in [0.15, 0.2) is 36.4 Å². The molecule has 1 aliphatic heterocycles. The maximum atomic E-state index is 12.7. The Morgan fingerprint density at radius 1 is 0.933 bits per heavy atom. The van der Waals surface area contributed by atoms with Gasteiger partial charge in [-0.1, -0.05) is 23.2 Å². The molecule has 0 radical (unpaired) electrons. The summed E-state index contributed by atoms with van der Waals surface area (Å²) in [6.45, 7) is 1.46. The summed E-state index contributed by atoms with van der Waals surface area (Å²) in [6, 6.07) is 8.23. The van der Waals surface area contributed by atoms with Crippen molar-refractivity contribution < 1.29 is 19.2 Å². The molecule has 154 valence electrons. The number of amides is 4. The van der Waals surface area contributed by atoms with Crippen molar-refractivity contribution in [1.82, 2.24) is 4.90 Å². The second-order valence-electron chi connectivity index (χ2n) is 7.30. The van der Waals surface area contributed by atoms with E-state index in [2.05, 4.69) is 10.6 Å². The fraction of sp³-hybridized carbons (Fsp3) is 0.238. The van der Waals surface area contributed by atoms with Crippen molar-refractivity contribution in [2.24, 2.45) is 5.92 Å². The minimum absolute atomic E-state index is 0.00811. The number of fused-ring (bicyclic) bond motifs is 1. The van der Waals surface area contributed by atoms with Crippen LogP contribution in [0.4, 0.5) is 11.4 Å². The Hall–Kier alpha value is -2.90. The predicted octanol–water partition coefficient (Wildman–Crippen LogP) is 3.97. The Morgan fingerprint density at radius 2 is 1.40 bits per heavy atom. The molecule has 2 aromatic carbocycles. The number of hydrogen-bond donors (Lipinski definition) is 2. The van der Waals surface area contributed by atoms with Gasteiger partial charge < -0.3 is 10.6 Å². The average Bonchev–Trinajstić information content (AvgIpc) is 3.53. The molecular formula is C21H17Cl2N3O4. The molecule has 0 spiro atoms. The third-order valence-electron chi connectivity index (χ3n) is 5.09. The van der Waals surface area contributed by atoms with Gasteiger partial charge >= 0.3 is 0 Å². The van der Waals surface area contributed by atoms with Crippen LogP contribution in [0.1, 0.15) is 40.5 Å². The zero-order valence-electron chi connectivity index (χ0n) is 15.9. The molecule has 1 fully saturated rings. The molecule has 30 heavy (non-hydrogen) atoms. The SMILES string of the molecule is CC(C(=O)Nc1ccc(NC(=O)C2CC2)cc1)N1C(=O)c2cc(Cl)c(Cl)cc2C1=O. The number of nitrogens with zero attached hydrogens (tertiary/aromatic N) is 1. The summed E-state index contributed by atoms with van der Waals surface area (Å²) >= 11 is 11.9. The third-order valence-corrected chi connectivity index (χ3v) is 5.82.